The molecular formula is C24H30N4O2. The minimum Gasteiger partial charge on any atom is -0.371 e. The third-order valence-electron chi connectivity index (χ3n) is 6.11. The molecule has 1 aromatic heterocycles. The Morgan fingerprint density at radius 2 is 1.87 bits per heavy atom. The van der Waals surface area contributed by atoms with Gasteiger partial charge in [-0.1, -0.05) is 6.92 Å². The van der Waals surface area contributed by atoms with Crippen LogP contribution in [0.5, 0.6) is 0 Å². The maximum atomic E-state index is 12.8. The van der Waals surface area contributed by atoms with Crippen molar-refractivity contribution in [3.05, 3.63) is 53.3 Å². The number of rotatable bonds is 4. The number of piperidine rings is 1. The van der Waals surface area contributed by atoms with Crippen molar-refractivity contribution >= 4 is 23.2 Å². The fourth-order valence-corrected chi connectivity index (χ4v) is 4.40. The fourth-order valence-electron chi connectivity index (χ4n) is 4.40. The maximum Gasteiger partial charge on any atom is 0.274 e. The Kier molecular flexibility index (Phi) is 6.02. The van der Waals surface area contributed by atoms with Gasteiger partial charge >= 0.3 is 0 Å². The van der Waals surface area contributed by atoms with Crippen molar-refractivity contribution in [1.82, 2.24) is 9.88 Å². The van der Waals surface area contributed by atoms with Gasteiger partial charge in [0.05, 0.1) is 0 Å². The first-order chi connectivity index (χ1) is 14.5. The molecule has 0 radical (unpaired) electrons. The largest absolute Gasteiger partial charge is 0.371 e. The first-order valence-corrected chi connectivity index (χ1v) is 10.9. The maximum absolute atomic E-state index is 12.8. The van der Waals surface area contributed by atoms with E-state index in [-0.39, 0.29) is 11.8 Å². The molecule has 0 aliphatic carbocycles. The van der Waals surface area contributed by atoms with Gasteiger partial charge in [-0.3, -0.25) is 14.6 Å². The molecule has 158 valence electrons. The summed E-state index contributed by atoms with van der Waals surface area (Å²) < 4.78 is 0. The molecule has 2 fully saturated rings. The lowest BCUT2D eigenvalue weighted by atomic mass is 9.99. The third-order valence-corrected chi connectivity index (χ3v) is 6.11. The molecule has 4 rings (SSSR count). The van der Waals surface area contributed by atoms with Crippen molar-refractivity contribution in [2.75, 3.05) is 36.4 Å². The molecule has 30 heavy (non-hydrogen) atoms. The molecule has 6 heteroatoms. The number of pyridine rings is 1. The first kappa shape index (κ1) is 20.4. The van der Waals surface area contributed by atoms with Gasteiger partial charge in [-0.25, -0.2) is 0 Å². The van der Waals surface area contributed by atoms with Crippen LogP contribution in [-0.2, 0) is 0 Å². The molecule has 1 aromatic carbocycles. The lowest BCUT2D eigenvalue weighted by Crippen LogP contribution is -2.39. The minimum absolute atomic E-state index is 0.0718. The monoisotopic (exact) mass is 406 g/mol. The van der Waals surface area contributed by atoms with Crippen molar-refractivity contribution in [2.45, 2.75) is 39.5 Å². The molecule has 1 N–H and O–H groups in total. The first-order valence-electron chi connectivity index (χ1n) is 10.9. The van der Waals surface area contributed by atoms with Gasteiger partial charge in [0, 0.05) is 49.3 Å². The highest BCUT2D eigenvalue weighted by molar-refractivity contribution is 6.04. The number of likely N-dealkylation sites (tertiary alicyclic amines) is 1. The number of carbonyl (C=O) groups is 2. The van der Waals surface area contributed by atoms with Crippen LogP contribution < -0.4 is 10.2 Å². The minimum atomic E-state index is -0.233. The van der Waals surface area contributed by atoms with Gasteiger partial charge < -0.3 is 15.1 Å². The van der Waals surface area contributed by atoms with E-state index in [1.165, 1.54) is 19.3 Å². The van der Waals surface area contributed by atoms with Crippen LogP contribution in [0.1, 0.15) is 59.0 Å². The highest BCUT2D eigenvalue weighted by atomic mass is 16.2. The fraction of sp³-hybridized carbons (Fsp3) is 0.458. The molecule has 2 saturated heterocycles. The van der Waals surface area contributed by atoms with Gasteiger partial charge in [0.25, 0.3) is 11.8 Å². The Bertz CT molecular complexity index is 937. The van der Waals surface area contributed by atoms with Crippen molar-refractivity contribution in [3.8, 4) is 0 Å². The van der Waals surface area contributed by atoms with Gasteiger partial charge in [0.15, 0.2) is 0 Å². The number of hydrogen-bond acceptors (Lipinski definition) is 4. The zero-order valence-corrected chi connectivity index (χ0v) is 17.9. The van der Waals surface area contributed by atoms with Crippen molar-refractivity contribution in [3.63, 3.8) is 0 Å². The van der Waals surface area contributed by atoms with Crippen molar-refractivity contribution in [2.24, 2.45) is 5.92 Å². The van der Waals surface area contributed by atoms with E-state index in [9.17, 15) is 9.59 Å². The van der Waals surface area contributed by atoms with E-state index in [2.05, 4.69) is 22.1 Å². The van der Waals surface area contributed by atoms with Crippen molar-refractivity contribution in [1.29, 1.82) is 0 Å². The Morgan fingerprint density at radius 1 is 1.07 bits per heavy atom. The van der Waals surface area contributed by atoms with Crippen LogP contribution in [0.2, 0.25) is 0 Å². The molecule has 2 aromatic rings. The second-order valence-corrected chi connectivity index (χ2v) is 8.58. The van der Waals surface area contributed by atoms with E-state index in [4.69, 9.17) is 0 Å². The summed E-state index contributed by atoms with van der Waals surface area (Å²) >= 11 is 0. The lowest BCUT2D eigenvalue weighted by molar-refractivity contribution is 0.0683. The molecule has 0 saturated carbocycles. The van der Waals surface area contributed by atoms with Gasteiger partial charge in [0.1, 0.15) is 5.69 Å². The second kappa shape index (κ2) is 8.86. The summed E-state index contributed by atoms with van der Waals surface area (Å²) in [6, 6.07) is 9.29. The number of amides is 2. The predicted molar refractivity (Wildman–Crippen MR) is 119 cm³/mol. The average molecular weight is 407 g/mol. The molecule has 0 spiro atoms. The molecular weight excluding hydrogens is 376 g/mol. The van der Waals surface area contributed by atoms with Crippen LogP contribution in [0, 0.1) is 12.8 Å². The van der Waals surface area contributed by atoms with Crippen LogP contribution in [0.3, 0.4) is 0 Å². The van der Waals surface area contributed by atoms with Gasteiger partial charge in [0.2, 0.25) is 0 Å². The van der Waals surface area contributed by atoms with Crippen LogP contribution >= 0.6 is 0 Å². The zero-order valence-electron chi connectivity index (χ0n) is 17.9. The standard InChI is InChI=1S/C24H30N4O2/c1-17-6-5-13-28(16-17)24(30)19-7-8-21(18(2)14-19)26-23(29)22-15-20(9-10-25-22)27-11-3-4-12-27/h7-10,14-15,17H,3-6,11-13,16H2,1-2H3,(H,26,29). The van der Waals surface area contributed by atoms with Crippen LogP contribution in [0.4, 0.5) is 11.4 Å². The predicted octanol–water partition coefficient (Wildman–Crippen LogP) is 4.11. The Labute approximate surface area is 178 Å². The summed E-state index contributed by atoms with van der Waals surface area (Å²) in [5.74, 6) is 0.386. The molecule has 1 unspecified atom stereocenters. The number of hydrogen-bond donors (Lipinski definition) is 1. The Morgan fingerprint density at radius 3 is 2.60 bits per heavy atom. The summed E-state index contributed by atoms with van der Waals surface area (Å²) in [5, 5.41) is 2.95. The topological polar surface area (TPSA) is 65.5 Å². The van der Waals surface area contributed by atoms with E-state index in [1.807, 2.05) is 36.1 Å². The van der Waals surface area contributed by atoms with Crippen LogP contribution in [0.15, 0.2) is 36.5 Å². The number of nitrogens with one attached hydrogen (secondary N) is 1. The summed E-state index contributed by atoms with van der Waals surface area (Å²) in [6.07, 6.45) is 6.30. The number of carbonyl (C=O) groups excluding carboxylic acids is 2. The molecule has 2 aliphatic rings. The average Bonchev–Trinajstić information content (AvgIpc) is 3.30. The highest BCUT2D eigenvalue weighted by Gasteiger charge is 2.22. The molecule has 1 atom stereocenters. The van der Waals surface area contributed by atoms with Crippen LogP contribution in [-0.4, -0.2) is 47.9 Å². The van der Waals surface area contributed by atoms with Crippen molar-refractivity contribution < 1.29 is 9.59 Å². The van der Waals surface area contributed by atoms with Gasteiger partial charge in [-0.15, -0.1) is 0 Å². The number of benzene rings is 1. The normalized spacial score (nSPS) is 19.1. The number of aromatic nitrogens is 1. The number of anilines is 2. The smallest absolute Gasteiger partial charge is 0.274 e. The summed E-state index contributed by atoms with van der Waals surface area (Å²) in [4.78, 5) is 34.1. The van der Waals surface area contributed by atoms with E-state index in [1.54, 1.807) is 12.3 Å². The Balaban J connectivity index is 1.45. The van der Waals surface area contributed by atoms with Gasteiger partial charge in [-0.05, 0) is 74.4 Å². The summed E-state index contributed by atoms with van der Waals surface area (Å²) in [7, 11) is 0. The van der Waals surface area contributed by atoms with Gasteiger partial charge in [-0.2, -0.15) is 0 Å². The molecule has 0 bridgehead atoms. The third kappa shape index (κ3) is 4.48. The summed E-state index contributed by atoms with van der Waals surface area (Å²) in [6.45, 7) is 7.79. The molecule has 2 amide bonds. The molecule has 3 heterocycles. The summed E-state index contributed by atoms with van der Waals surface area (Å²) in [5.41, 5.74) is 3.70. The Hall–Kier alpha value is -2.89. The van der Waals surface area contributed by atoms with E-state index in [0.717, 1.165) is 43.9 Å². The highest BCUT2D eigenvalue weighted by Crippen LogP contribution is 2.23. The van der Waals surface area contributed by atoms with E-state index < -0.39 is 0 Å². The second-order valence-electron chi connectivity index (χ2n) is 8.58. The SMILES string of the molecule is Cc1cc(C(=O)N2CCCC(C)C2)ccc1NC(=O)c1cc(N2CCCC2)ccn1. The van der Waals surface area contributed by atoms with E-state index in [0.29, 0.717) is 22.9 Å². The zero-order chi connectivity index (χ0) is 21.1. The number of aryl methyl sites for hydroxylation is 1. The van der Waals surface area contributed by atoms with Crippen LogP contribution in [0.25, 0.3) is 0 Å². The lowest BCUT2D eigenvalue weighted by Gasteiger charge is -2.31. The quantitative estimate of drug-likeness (QED) is 0.830. The number of nitrogens with zero attached hydrogens (tertiary/aromatic N) is 3. The van der Waals surface area contributed by atoms with E-state index >= 15 is 0 Å². The molecule has 2 aliphatic heterocycles. The molecule has 6 nitrogen and oxygen atoms in total.